The van der Waals surface area contributed by atoms with Gasteiger partial charge >= 0.3 is 0 Å². The first-order valence-electron chi connectivity index (χ1n) is 35.7. The maximum absolute atomic E-state index is 10.2. The summed E-state index contributed by atoms with van der Waals surface area (Å²) in [5.41, 5.74) is 7.69. The lowest BCUT2D eigenvalue weighted by molar-refractivity contribution is -0.571. The highest BCUT2D eigenvalue weighted by molar-refractivity contribution is 6.09. The van der Waals surface area contributed by atoms with Crippen molar-refractivity contribution in [2.75, 3.05) is 0 Å². The standard InChI is InChI=1S/C78H82N4O/c1-50(2)38-52-40-57(44-59(41-52)76(8,9)10)54-26-28-55(29-27-54)65-42-53(39-51(3)4)43-66(56-30-33-67-68(45-56)78(13,14)36-35-77(67,11)12)74(65)81-49-80(70-24-17-18-25-71(70)81)60-20-19-21-61(47-60)83-62-31-32-64-63-22-15-16-23-69(63)82(72(64)48-62)73-46-58(34-37-79-73)75(5,6)7/h15-34,37,40-48,50-51H,35-36,38-39H2,1-14H3/i15D,16D,22D,23D,26D,27D,28D,29D,38D2,40D,41D,44D. The van der Waals surface area contributed by atoms with E-state index in [1.165, 1.54) is 11.1 Å². The van der Waals surface area contributed by atoms with Crippen molar-refractivity contribution in [1.82, 2.24) is 14.1 Å². The molecule has 8 aromatic carbocycles. The Balaban J connectivity index is 1.10. The van der Waals surface area contributed by atoms with Crippen LogP contribution in [0.3, 0.4) is 0 Å². The third-order valence-electron chi connectivity index (χ3n) is 16.4. The molecular weight excluding hydrogens is 1010 g/mol. The van der Waals surface area contributed by atoms with Gasteiger partial charge < -0.3 is 4.74 Å². The Labute approximate surface area is 511 Å². The van der Waals surface area contributed by atoms with E-state index in [-0.39, 0.29) is 86.2 Å². The average molecular weight is 1100 g/mol. The first kappa shape index (κ1) is 41.9. The number of imidazole rings is 1. The zero-order valence-corrected chi connectivity index (χ0v) is 50.4. The number of pyridine rings is 1. The van der Waals surface area contributed by atoms with Crippen molar-refractivity contribution in [3.63, 3.8) is 0 Å². The van der Waals surface area contributed by atoms with Gasteiger partial charge in [-0.1, -0.05) is 218 Å². The predicted molar refractivity (Wildman–Crippen MR) is 348 cm³/mol. The molecule has 11 aromatic rings. The van der Waals surface area contributed by atoms with Gasteiger partial charge in [0.2, 0.25) is 0 Å². The summed E-state index contributed by atoms with van der Waals surface area (Å²) in [5, 5.41) is 0.965. The largest absolute Gasteiger partial charge is 0.458 e. The van der Waals surface area contributed by atoms with Crippen molar-refractivity contribution in [1.29, 1.82) is 0 Å². The Kier molecular flexibility index (Phi) is 10.6. The minimum Gasteiger partial charge on any atom is -0.458 e. The molecule has 0 saturated heterocycles. The molecule has 1 aliphatic carbocycles. The number of para-hydroxylation sites is 3. The number of nitrogens with zero attached hydrogens (tertiary/aromatic N) is 4. The monoisotopic (exact) mass is 1100 g/mol. The summed E-state index contributed by atoms with van der Waals surface area (Å²) in [6.45, 7) is 28.4. The van der Waals surface area contributed by atoms with Gasteiger partial charge in [-0.15, -0.1) is 0 Å². The van der Waals surface area contributed by atoms with E-state index in [0.29, 0.717) is 68.0 Å². The Bertz CT molecular complexity index is 5010. The van der Waals surface area contributed by atoms with Crippen LogP contribution in [0.2, 0.25) is 0 Å². The topological polar surface area (TPSA) is 35.9 Å². The van der Waals surface area contributed by atoms with Crippen molar-refractivity contribution in [3.05, 3.63) is 222 Å². The maximum atomic E-state index is 10.2. The first-order valence-corrected chi connectivity index (χ1v) is 29.2. The van der Waals surface area contributed by atoms with Gasteiger partial charge in [-0.2, -0.15) is 0 Å². The normalized spacial score (nSPS) is 16.7. The molecule has 0 amide bonds. The van der Waals surface area contributed by atoms with Gasteiger partial charge in [0.25, 0.3) is 6.33 Å². The number of rotatable bonds is 12. The lowest BCUT2D eigenvalue weighted by Gasteiger charge is -2.42. The minimum absolute atomic E-state index is 0.0148. The van der Waals surface area contributed by atoms with E-state index >= 15 is 0 Å². The average Bonchev–Trinajstić information content (AvgIpc) is 1.22. The lowest BCUT2D eigenvalue weighted by atomic mass is 9.63. The van der Waals surface area contributed by atoms with Gasteiger partial charge in [0.05, 0.1) is 48.5 Å². The molecule has 0 bridgehead atoms. The second-order valence-corrected chi connectivity index (χ2v) is 26.7. The van der Waals surface area contributed by atoms with Crippen molar-refractivity contribution in [2.24, 2.45) is 11.8 Å². The number of aromatic nitrogens is 4. The van der Waals surface area contributed by atoms with Crippen LogP contribution in [0.5, 0.6) is 11.5 Å². The highest BCUT2D eigenvalue weighted by Crippen LogP contribution is 2.48. The summed E-state index contributed by atoms with van der Waals surface area (Å²) in [6.07, 6.45) is 5.79. The van der Waals surface area contributed by atoms with Gasteiger partial charge in [0.15, 0.2) is 0 Å². The Morgan fingerprint density at radius 3 is 2.04 bits per heavy atom. The van der Waals surface area contributed by atoms with Crippen LogP contribution in [0.25, 0.3) is 83.4 Å². The smallest absolute Gasteiger partial charge is 0.269 e. The van der Waals surface area contributed by atoms with Crippen LogP contribution >= 0.6 is 0 Å². The van der Waals surface area contributed by atoms with E-state index in [1.807, 2.05) is 88.0 Å². The van der Waals surface area contributed by atoms with Crippen molar-refractivity contribution in [3.8, 4) is 62.1 Å². The Morgan fingerprint density at radius 2 is 1.30 bits per heavy atom. The van der Waals surface area contributed by atoms with Crippen molar-refractivity contribution < 1.29 is 27.1 Å². The summed E-state index contributed by atoms with van der Waals surface area (Å²) < 4.78 is 136. The summed E-state index contributed by atoms with van der Waals surface area (Å²) in [4.78, 5) is 4.77. The highest BCUT2D eigenvalue weighted by atomic mass is 16.5. The molecule has 0 atom stereocenters. The molecule has 0 aliphatic heterocycles. The van der Waals surface area contributed by atoms with Crippen LogP contribution in [0, 0.1) is 18.2 Å². The SMILES string of the molecule is [2H]c1c([2H])c(-c2c([2H])c(C(C)(C)C)c([2H])c(C([2H])([2H])C(C)C)c2[2H])c([2H])c([2H])c1-c1cc(CC(C)C)cc(-c2ccc3c(c2)C(C)(C)CCC3(C)C)c1-[n+]1[c-]n(-c2cccc(Oc3ccc4c5c([2H])c([2H])c([2H])c([2H])c5n(-c5cc(C(C)(C)C)ccn5)c4c3)c2)c2ccccc21. The summed E-state index contributed by atoms with van der Waals surface area (Å²) in [7, 11) is 0. The van der Waals surface area contributed by atoms with E-state index in [1.54, 1.807) is 51.4 Å². The molecule has 420 valence electrons. The predicted octanol–water partition coefficient (Wildman–Crippen LogP) is 20.3. The van der Waals surface area contributed by atoms with Gasteiger partial charge in [-0.3, -0.25) is 13.7 Å². The van der Waals surface area contributed by atoms with Crippen LogP contribution < -0.4 is 9.30 Å². The summed E-state index contributed by atoms with van der Waals surface area (Å²) in [6, 6.07) is 31.5. The molecule has 0 unspecified atom stereocenters. The van der Waals surface area contributed by atoms with Gasteiger partial charge in [0.1, 0.15) is 17.3 Å². The third kappa shape index (κ3) is 10.7. The van der Waals surface area contributed by atoms with Gasteiger partial charge in [-0.25, -0.2) is 4.98 Å². The minimum atomic E-state index is -2.23. The van der Waals surface area contributed by atoms with Gasteiger partial charge in [-0.05, 0) is 174 Å². The van der Waals surface area contributed by atoms with E-state index < -0.39 is 47.9 Å². The number of hydrogen-bond donors (Lipinski definition) is 0. The third-order valence-corrected chi connectivity index (χ3v) is 16.4. The number of ether oxygens (including phenoxy) is 1. The molecule has 0 N–H and O–H groups in total. The van der Waals surface area contributed by atoms with E-state index in [9.17, 15) is 13.7 Å². The Morgan fingerprint density at radius 1 is 0.602 bits per heavy atom. The zero-order chi connectivity index (χ0) is 69.7. The van der Waals surface area contributed by atoms with Crippen LogP contribution in [0.4, 0.5) is 0 Å². The quantitative estimate of drug-likeness (QED) is 0.0903. The molecule has 3 heterocycles. The second-order valence-electron chi connectivity index (χ2n) is 26.7. The molecule has 0 radical (unpaired) electrons. The van der Waals surface area contributed by atoms with Gasteiger partial charge in [0, 0.05) is 25.8 Å². The van der Waals surface area contributed by atoms with E-state index in [0.717, 1.165) is 40.6 Å². The molecule has 12 rings (SSSR count). The molecule has 5 nitrogen and oxygen atoms in total. The van der Waals surface area contributed by atoms with Crippen molar-refractivity contribution >= 4 is 32.8 Å². The second kappa shape index (κ2) is 21.0. The maximum Gasteiger partial charge on any atom is 0.269 e. The molecular formula is C78H82N4O. The first-order chi connectivity index (χ1) is 44.9. The fourth-order valence-corrected chi connectivity index (χ4v) is 11.8. The molecule has 3 aromatic heterocycles. The number of fused-ring (bicyclic) bond motifs is 5. The fraction of sp³-hybridized carbons (Fsp3) is 0.308. The highest BCUT2D eigenvalue weighted by Gasteiger charge is 2.37. The van der Waals surface area contributed by atoms with Crippen LogP contribution in [-0.2, 0) is 34.5 Å². The summed E-state index contributed by atoms with van der Waals surface area (Å²) in [5.74, 6) is 0.828. The molecule has 83 heavy (non-hydrogen) atoms. The molecule has 1 aliphatic rings. The Hall–Kier alpha value is -8.02. The van der Waals surface area contributed by atoms with E-state index in [2.05, 4.69) is 92.9 Å². The zero-order valence-electron chi connectivity index (χ0n) is 63.4. The number of hydrogen-bond acceptors (Lipinski definition) is 2. The van der Waals surface area contributed by atoms with Crippen LogP contribution in [-0.4, -0.2) is 14.1 Å². The molecule has 5 heteroatoms. The van der Waals surface area contributed by atoms with Crippen LogP contribution in [0.1, 0.15) is 161 Å². The summed E-state index contributed by atoms with van der Waals surface area (Å²) >= 11 is 0. The molecule has 0 fully saturated rings. The molecule has 0 spiro atoms. The number of benzene rings is 8. The lowest BCUT2D eigenvalue weighted by Crippen LogP contribution is -2.34. The van der Waals surface area contributed by atoms with Crippen LogP contribution in [0.15, 0.2) is 182 Å². The fourth-order valence-electron chi connectivity index (χ4n) is 11.8. The van der Waals surface area contributed by atoms with Crippen molar-refractivity contribution in [2.45, 2.75) is 144 Å². The van der Waals surface area contributed by atoms with E-state index in [4.69, 9.17) is 13.8 Å². The molecule has 0 saturated carbocycles.